The molecule has 0 saturated carbocycles. The van der Waals surface area contributed by atoms with Crippen LogP contribution in [0, 0.1) is 11.8 Å². The van der Waals surface area contributed by atoms with Crippen LogP contribution < -0.4 is 27.0 Å². The maximum absolute atomic E-state index is 14.3. The van der Waals surface area contributed by atoms with Gasteiger partial charge in [-0.25, -0.2) is 9.59 Å². The van der Waals surface area contributed by atoms with E-state index in [4.69, 9.17) is 17.3 Å². The van der Waals surface area contributed by atoms with E-state index in [1.54, 1.807) is 9.80 Å². The normalized spacial score (nSPS) is 23.8. The SMILES string of the molecule is Nc1c(Cl)cc(C[C@@H](CC(=O)N2CCC(N3CCc4ccccc4NC3=O)CC2)C(=O)C2CNCCC23NC(=O)NC3=O)cc1C(F)(F)F. The lowest BCUT2D eigenvalue weighted by atomic mass is 9.71. The average molecular weight is 704 g/mol. The van der Waals surface area contributed by atoms with Crippen molar-refractivity contribution in [3.63, 3.8) is 0 Å². The molecule has 4 heterocycles. The predicted molar refractivity (Wildman–Crippen MR) is 174 cm³/mol. The molecule has 0 radical (unpaired) electrons. The number of urea groups is 2. The molecule has 262 valence electrons. The van der Waals surface area contributed by atoms with Gasteiger partial charge in [0.1, 0.15) is 11.3 Å². The molecule has 49 heavy (non-hydrogen) atoms. The minimum Gasteiger partial charge on any atom is -0.397 e. The zero-order valence-electron chi connectivity index (χ0n) is 26.5. The van der Waals surface area contributed by atoms with Gasteiger partial charge in [0.15, 0.2) is 0 Å². The third kappa shape index (κ3) is 6.91. The molecule has 12 nitrogen and oxygen atoms in total. The van der Waals surface area contributed by atoms with E-state index in [2.05, 4.69) is 21.3 Å². The first-order chi connectivity index (χ1) is 23.3. The minimum atomic E-state index is -4.82. The third-order valence-corrected chi connectivity index (χ3v) is 10.5. The van der Waals surface area contributed by atoms with Crippen LogP contribution in [0.1, 0.15) is 42.4 Å². The fraction of sp³-hybridized carbons (Fsp3) is 0.485. The Labute approximate surface area is 285 Å². The largest absolute Gasteiger partial charge is 0.418 e. The van der Waals surface area contributed by atoms with Gasteiger partial charge in [-0.3, -0.25) is 19.7 Å². The minimum absolute atomic E-state index is 0.0146. The number of ketones is 1. The molecule has 3 atom stereocenters. The number of nitrogen functional groups attached to an aromatic ring is 1. The number of anilines is 2. The highest BCUT2D eigenvalue weighted by atomic mass is 35.5. The Bertz CT molecular complexity index is 1680. The number of carbonyl (C=O) groups excluding carboxylic acids is 5. The maximum atomic E-state index is 14.3. The Morgan fingerprint density at radius 2 is 1.80 bits per heavy atom. The van der Waals surface area contributed by atoms with Crippen LogP contribution in [0.25, 0.3) is 0 Å². The fourth-order valence-corrected chi connectivity index (χ4v) is 7.77. The number of likely N-dealkylation sites (tertiary alicyclic amines) is 1. The molecular weight excluding hydrogens is 667 g/mol. The number of nitrogens with two attached hydrogens (primary N) is 1. The molecule has 3 saturated heterocycles. The summed E-state index contributed by atoms with van der Waals surface area (Å²) < 4.78 is 41.5. The van der Waals surface area contributed by atoms with Gasteiger partial charge in [0.05, 0.1) is 22.2 Å². The number of fused-ring (bicyclic) bond motifs is 1. The number of imide groups is 1. The molecule has 6 rings (SSSR count). The molecule has 6 amide bonds. The molecule has 16 heteroatoms. The van der Waals surface area contributed by atoms with Gasteiger partial charge in [-0.2, -0.15) is 13.2 Å². The van der Waals surface area contributed by atoms with E-state index in [1.165, 1.54) is 6.07 Å². The zero-order chi connectivity index (χ0) is 35.1. The van der Waals surface area contributed by atoms with E-state index in [0.717, 1.165) is 17.3 Å². The second-order valence-electron chi connectivity index (χ2n) is 13.1. The van der Waals surface area contributed by atoms with Crippen LogP contribution in [-0.4, -0.2) is 83.8 Å². The van der Waals surface area contributed by atoms with E-state index >= 15 is 0 Å². The fourth-order valence-electron chi connectivity index (χ4n) is 7.52. The average Bonchev–Trinajstić information content (AvgIpc) is 3.22. The number of rotatable bonds is 7. The molecule has 6 N–H and O–H groups in total. The van der Waals surface area contributed by atoms with Crippen LogP contribution in [0.15, 0.2) is 36.4 Å². The highest BCUT2D eigenvalue weighted by molar-refractivity contribution is 6.33. The second-order valence-corrected chi connectivity index (χ2v) is 13.5. The number of piperidine rings is 2. The van der Waals surface area contributed by atoms with Gasteiger partial charge >= 0.3 is 18.2 Å². The maximum Gasteiger partial charge on any atom is 0.418 e. The number of hydrogen-bond acceptors (Lipinski definition) is 7. The number of Topliss-reactive ketones (excluding diaryl/α,β-unsaturated/α-hetero) is 1. The molecule has 0 aliphatic carbocycles. The van der Waals surface area contributed by atoms with Crippen LogP contribution in [0.2, 0.25) is 5.02 Å². The molecule has 1 spiro atoms. The highest BCUT2D eigenvalue weighted by Crippen LogP contribution is 2.39. The van der Waals surface area contributed by atoms with Crippen LogP contribution in [0.3, 0.4) is 0 Å². The topological polar surface area (TPSA) is 166 Å². The first-order valence-electron chi connectivity index (χ1n) is 16.2. The number of benzene rings is 2. The summed E-state index contributed by atoms with van der Waals surface area (Å²) in [5, 5.41) is 10.5. The molecule has 4 aliphatic rings. The van der Waals surface area contributed by atoms with Crippen LogP contribution in [-0.2, 0) is 33.4 Å². The van der Waals surface area contributed by atoms with Crippen molar-refractivity contribution in [3.05, 3.63) is 58.1 Å². The number of carbonyl (C=O) groups is 5. The van der Waals surface area contributed by atoms with Crippen molar-refractivity contribution in [2.45, 2.75) is 56.3 Å². The molecular formula is C33H37ClF3N7O5. The monoisotopic (exact) mass is 703 g/mol. The summed E-state index contributed by atoms with van der Waals surface area (Å²) in [6.07, 6.45) is -3.68. The number of alkyl halides is 3. The Morgan fingerprint density at radius 3 is 2.49 bits per heavy atom. The van der Waals surface area contributed by atoms with E-state index < -0.39 is 52.5 Å². The number of halogens is 4. The Morgan fingerprint density at radius 1 is 1.06 bits per heavy atom. The lowest BCUT2D eigenvalue weighted by Crippen LogP contribution is -2.63. The van der Waals surface area contributed by atoms with Gasteiger partial charge < -0.3 is 31.5 Å². The lowest BCUT2D eigenvalue weighted by molar-refractivity contribution is -0.141. The summed E-state index contributed by atoms with van der Waals surface area (Å²) in [6.45, 7) is 1.48. The zero-order valence-corrected chi connectivity index (χ0v) is 27.3. The third-order valence-electron chi connectivity index (χ3n) is 10.2. The molecule has 3 fully saturated rings. The predicted octanol–water partition coefficient (Wildman–Crippen LogP) is 3.33. The number of amides is 6. The van der Waals surface area contributed by atoms with Crippen LogP contribution in [0.4, 0.5) is 34.1 Å². The summed E-state index contributed by atoms with van der Waals surface area (Å²) >= 11 is 6.09. The van der Waals surface area contributed by atoms with Crippen molar-refractivity contribution < 1.29 is 37.1 Å². The Kier molecular flexibility index (Phi) is 9.50. The Hall–Kier alpha value is -4.37. The van der Waals surface area contributed by atoms with Crippen molar-refractivity contribution in [2.75, 3.05) is 43.8 Å². The van der Waals surface area contributed by atoms with E-state index in [1.807, 2.05) is 24.3 Å². The number of nitrogens with zero attached hydrogens (tertiary/aromatic N) is 2. The Balaban J connectivity index is 1.20. The van der Waals surface area contributed by atoms with E-state index in [-0.39, 0.29) is 54.4 Å². The van der Waals surface area contributed by atoms with Gasteiger partial charge in [0.25, 0.3) is 5.91 Å². The van der Waals surface area contributed by atoms with Crippen molar-refractivity contribution in [3.8, 4) is 0 Å². The first kappa shape index (κ1) is 34.5. The summed E-state index contributed by atoms with van der Waals surface area (Å²) in [7, 11) is 0. The van der Waals surface area contributed by atoms with Gasteiger partial charge in [-0.15, -0.1) is 0 Å². The lowest BCUT2D eigenvalue weighted by Gasteiger charge is -2.40. The quantitative estimate of drug-likeness (QED) is 0.218. The van der Waals surface area contributed by atoms with Crippen LogP contribution >= 0.6 is 11.6 Å². The summed E-state index contributed by atoms with van der Waals surface area (Å²) in [6, 6.07) is 8.59. The second kappa shape index (κ2) is 13.5. The molecule has 2 aromatic rings. The first-order valence-corrected chi connectivity index (χ1v) is 16.6. The van der Waals surface area contributed by atoms with Crippen molar-refractivity contribution in [1.82, 2.24) is 25.8 Å². The molecule has 2 unspecified atom stereocenters. The summed E-state index contributed by atoms with van der Waals surface area (Å²) in [4.78, 5) is 69.7. The number of para-hydroxylation sites is 1. The highest BCUT2D eigenvalue weighted by Gasteiger charge is 2.56. The van der Waals surface area contributed by atoms with Gasteiger partial charge in [-0.1, -0.05) is 29.8 Å². The summed E-state index contributed by atoms with van der Waals surface area (Å²) in [5.41, 5.74) is 4.12. The molecule has 2 aromatic carbocycles. The van der Waals surface area contributed by atoms with Gasteiger partial charge in [0, 0.05) is 50.2 Å². The van der Waals surface area contributed by atoms with Gasteiger partial charge in [-0.05, 0) is 68.0 Å². The molecule has 4 aliphatic heterocycles. The van der Waals surface area contributed by atoms with Gasteiger partial charge in [0.2, 0.25) is 5.91 Å². The number of hydrogen-bond donors (Lipinski definition) is 5. The smallest absolute Gasteiger partial charge is 0.397 e. The van der Waals surface area contributed by atoms with Crippen molar-refractivity contribution in [1.29, 1.82) is 0 Å². The number of nitrogens with one attached hydrogen (secondary N) is 4. The molecule has 0 bridgehead atoms. The standard InChI is InChI=1S/C33H37ClF3N7O5/c34-24-15-18(14-22(27(24)38)33(35,36)37)13-20(28(46)23-17-39-9-8-32(23)29(47)41-30(48)42-32)16-26(45)43-10-6-21(7-11-43)44-12-5-19-3-1-2-4-25(19)40-31(44)49/h1-4,14-15,20-21,23,39H,5-13,16-17,38H2,(H,40,49)(H2,41,42,47,48)/t20-,23?,32?/m0/s1. The van der Waals surface area contributed by atoms with Crippen molar-refractivity contribution >= 4 is 52.6 Å². The van der Waals surface area contributed by atoms with Crippen molar-refractivity contribution in [2.24, 2.45) is 11.8 Å². The van der Waals surface area contributed by atoms with E-state index in [9.17, 15) is 37.1 Å². The van der Waals surface area contributed by atoms with Crippen LogP contribution in [0.5, 0.6) is 0 Å². The molecule has 0 aromatic heterocycles. The summed E-state index contributed by atoms with van der Waals surface area (Å²) in [5.74, 6) is -3.85. The van der Waals surface area contributed by atoms with E-state index in [0.29, 0.717) is 45.4 Å².